The Hall–Kier alpha value is -2.69. The van der Waals surface area contributed by atoms with Gasteiger partial charge in [0.1, 0.15) is 0 Å². The van der Waals surface area contributed by atoms with Crippen LogP contribution in [0.25, 0.3) is 11.4 Å². The first-order valence-corrected chi connectivity index (χ1v) is 6.01. The Bertz CT molecular complexity index is 703. The van der Waals surface area contributed by atoms with E-state index in [2.05, 4.69) is 20.4 Å². The van der Waals surface area contributed by atoms with Gasteiger partial charge in [-0.1, -0.05) is 0 Å². The standard InChI is InChI=1S/C12H10F4N4O3/c1-23-20-7-4-2-6(3-5-7)8-17-9(19-18-8)11(13,14)12(15,16)10(21)22/h2-5,20H,1H3,(H,21,22)(H,17,18,19). The van der Waals surface area contributed by atoms with E-state index < -0.39 is 23.6 Å². The summed E-state index contributed by atoms with van der Waals surface area (Å²) in [5.41, 5.74) is 3.32. The number of hydrogen-bond acceptors (Lipinski definition) is 5. The summed E-state index contributed by atoms with van der Waals surface area (Å²) in [5.74, 6) is -15.2. The van der Waals surface area contributed by atoms with Crippen molar-refractivity contribution >= 4 is 11.7 Å². The molecule has 0 amide bonds. The zero-order valence-electron chi connectivity index (χ0n) is 11.5. The molecule has 7 nitrogen and oxygen atoms in total. The lowest BCUT2D eigenvalue weighted by molar-refractivity contribution is -0.231. The molecule has 2 aromatic rings. The van der Waals surface area contributed by atoms with E-state index in [4.69, 9.17) is 5.11 Å². The molecule has 124 valence electrons. The SMILES string of the molecule is CONc1ccc(-c2n[nH]c(C(F)(F)C(F)(F)C(=O)O)n2)cc1. The number of alkyl halides is 4. The Labute approximate surface area is 126 Å². The predicted molar refractivity (Wildman–Crippen MR) is 68.9 cm³/mol. The van der Waals surface area contributed by atoms with Crippen LogP contribution in [-0.4, -0.2) is 39.3 Å². The Morgan fingerprint density at radius 1 is 1.26 bits per heavy atom. The Morgan fingerprint density at radius 3 is 2.39 bits per heavy atom. The normalized spacial score (nSPS) is 12.2. The van der Waals surface area contributed by atoms with Gasteiger partial charge in [0.2, 0.25) is 5.82 Å². The molecule has 0 fully saturated rings. The molecular weight excluding hydrogens is 324 g/mol. The lowest BCUT2D eigenvalue weighted by atomic mass is 10.1. The van der Waals surface area contributed by atoms with E-state index >= 15 is 0 Å². The number of nitrogens with one attached hydrogen (secondary N) is 2. The van der Waals surface area contributed by atoms with Gasteiger partial charge in [-0.05, 0) is 24.3 Å². The summed E-state index contributed by atoms with van der Waals surface area (Å²) in [6.07, 6.45) is 0. The van der Waals surface area contributed by atoms with Crippen molar-refractivity contribution in [3.05, 3.63) is 30.1 Å². The first-order valence-electron chi connectivity index (χ1n) is 6.01. The van der Waals surface area contributed by atoms with Gasteiger partial charge in [-0.25, -0.2) is 9.78 Å². The molecule has 0 atom stereocenters. The van der Waals surface area contributed by atoms with Gasteiger partial charge in [-0.3, -0.25) is 15.4 Å². The fourth-order valence-corrected chi connectivity index (χ4v) is 1.62. The number of carbonyl (C=O) groups is 1. The molecule has 0 aliphatic rings. The number of aromatic amines is 1. The van der Waals surface area contributed by atoms with Crippen molar-refractivity contribution in [2.75, 3.05) is 12.6 Å². The molecule has 2 rings (SSSR count). The summed E-state index contributed by atoms with van der Waals surface area (Å²) in [7, 11) is 1.39. The number of hydrogen-bond donors (Lipinski definition) is 3. The topological polar surface area (TPSA) is 100 Å². The van der Waals surface area contributed by atoms with Crippen LogP contribution in [0.3, 0.4) is 0 Å². The summed E-state index contributed by atoms with van der Waals surface area (Å²) in [6.45, 7) is 0. The largest absolute Gasteiger partial charge is 0.477 e. The van der Waals surface area contributed by atoms with Crippen molar-refractivity contribution in [3.8, 4) is 11.4 Å². The molecule has 0 bridgehead atoms. The number of aromatic nitrogens is 3. The quantitative estimate of drug-likeness (QED) is 0.553. The number of carboxylic acids is 1. The van der Waals surface area contributed by atoms with Gasteiger partial charge in [0, 0.05) is 5.56 Å². The van der Waals surface area contributed by atoms with Crippen LogP contribution in [0.1, 0.15) is 5.82 Å². The van der Waals surface area contributed by atoms with Crippen LogP contribution in [-0.2, 0) is 15.6 Å². The maximum absolute atomic E-state index is 13.6. The van der Waals surface area contributed by atoms with E-state index in [0.717, 1.165) is 0 Å². The van der Waals surface area contributed by atoms with Crippen LogP contribution in [0.5, 0.6) is 0 Å². The number of benzene rings is 1. The summed E-state index contributed by atoms with van der Waals surface area (Å²) < 4.78 is 53.4. The number of carboxylic acid groups (broad SMARTS) is 1. The minimum Gasteiger partial charge on any atom is -0.477 e. The van der Waals surface area contributed by atoms with Gasteiger partial charge in [0.05, 0.1) is 12.8 Å². The number of halogens is 4. The second-order valence-electron chi connectivity index (χ2n) is 4.35. The zero-order chi connectivity index (χ0) is 17.3. The molecule has 0 radical (unpaired) electrons. The predicted octanol–water partition coefficient (Wildman–Crippen LogP) is 2.26. The van der Waals surface area contributed by atoms with E-state index in [0.29, 0.717) is 5.69 Å². The van der Waals surface area contributed by atoms with E-state index in [1.807, 2.05) is 0 Å². The Balaban J connectivity index is 2.31. The van der Waals surface area contributed by atoms with E-state index in [9.17, 15) is 22.4 Å². The minimum absolute atomic E-state index is 0.253. The lowest BCUT2D eigenvalue weighted by Crippen LogP contribution is -2.45. The number of anilines is 1. The van der Waals surface area contributed by atoms with Crippen molar-refractivity contribution in [1.29, 1.82) is 0 Å². The van der Waals surface area contributed by atoms with Gasteiger partial charge in [0.15, 0.2) is 5.82 Å². The average Bonchev–Trinajstić information content (AvgIpc) is 2.98. The molecule has 1 aromatic heterocycles. The third-order valence-corrected chi connectivity index (χ3v) is 2.81. The molecule has 0 saturated heterocycles. The van der Waals surface area contributed by atoms with Gasteiger partial charge in [0.25, 0.3) is 0 Å². The third kappa shape index (κ3) is 2.95. The smallest absolute Gasteiger partial charge is 0.411 e. The molecule has 0 saturated carbocycles. The fraction of sp³-hybridized carbons (Fsp3) is 0.250. The molecule has 23 heavy (non-hydrogen) atoms. The molecule has 0 aliphatic carbocycles. The van der Waals surface area contributed by atoms with Gasteiger partial charge in [-0.15, -0.1) is 0 Å². The molecule has 0 spiro atoms. The summed E-state index contributed by atoms with van der Waals surface area (Å²) >= 11 is 0. The maximum Gasteiger partial charge on any atom is 0.411 e. The number of nitrogens with zero attached hydrogens (tertiary/aromatic N) is 2. The second-order valence-corrected chi connectivity index (χ2v) is 4.35. The van der Waals surface area contributed by atoms with Crippen molar-refractivity contribution < 1.29 is 32.3 Å². The van der Waals surface area contributed by atoms with Gasteiger partial charge >= 0.3 is 17.8 Å². The monoisotopic (exact) mass is 334 g/mol. The third-order valence-electron chi connectivity index (χ3n) is 2.81. The van der Waals surface area contributed by atoms with Crippen LogP contribution in [0, 0.1) is 0 Å². The maximum atomic E-state index is 13.6. The van der Waals surface area contributed by atoms with Gasteiger partial charge in [-0.2, -0.15) is 22.7 Å². The average molecular weight is 334 g/mol. The van der Waals surface area contributed by atoms with Crippen LogP contribution < -0.4 is 5.48 Å². The van der Waals surface area contributed by atoms with Crippen molar-refractivity contribution in [1.82, 2.24) is 15.2 Å². The minimum atomic E-state index is -5.32. The van der Waals surface area contributed by atoms with Crippen LogP contribution in [0.4, 0.5) is 23.2 Å². The Morgan fingerprint density at radius 2 is 1.87 bits per heavy atom. The number of rotatable bonds is 6. The lowest BCUT2D eigenvalue weighted by Gasteiger charge is -2.20. The van der Waals surface area contributed by atoms with E-state index in [1.54, 1.807) is 5.10 Å². The fourth-order valence-electron chi connectivity index (χ4n) is 1.62. The molecule has 0 aliphatic heterocycles. The summed E-state index contributed by atoms with van der Waals surface area (Å²) in [4.78, 5) is 18.2. The van der Waals surface area contributed by atoms with Gasteiger partial charge < -0.3 is 5.11 Å². The first-order chi connectivity index (χ1) is 10.7. The molecule has 11 heteroatoms. The molecular formula is C12H10F4N4O3. The van der Waals surface area contributed by atoms with E-state index in [-0.39, 0.29) is 11.4 Å². The van der Waals surface area contributed by atoms with E-state index in [1.165, 1.54) is 31.4 Å². The Kier molecular flexibility index (Phi) is 4.23. The molecule has 1 heterocycles. The van der Waals surface area contributed by atoms with Crippen molar-refractivity contribution in [2.24, 2.45) is 0 Å². The highest BCUT2D eigenvalue weighted by Crippen LogP contribution is 2.41. The number of H-pyrrole nitrogens is 1. The second kappa shape index (κ2) is 5.83. The highest BCUT2D eigenvalue weighted by Gasteiger charge is 2.65. The molecule has 1 aromatic carbocycles. The highest BCUT2D eigenvalue weighted by atomic mass is 19.3. The van der Waals surface area contributed by atoms with Crippen molar-refractivity contribution in [3.63, 3.8) is 0 Å². The van der Waals surface area contributed by atoms with Crippen molar-refractivity contribution in [2.45, 2.75) is 11.8 Å². The first kappa shape index (κ1) is 16.7. The highest BCUT2D eigenvalue weighted by molar-refractivity contribution is 5.77. The molecule has 0 unspecified atom stereocenters. The molecule has 3 N–H and O–H groups in total. The van der Waals surface area contributed by atoms with Crippen LogP contribution in [0.15, 0.2) is 24.3 Å². The van der Waals surface area contributed by atoms with Crippen LogP contribution >= 0.6 is 0 Å². The zero-order valence-corrected chi connectivity index (χ0v) is 11.5. The summed E-state index contributed by atoms with van der Waals surface area (Å²) in [6, 6.07) is 5.89. The summed E-state index contributed by atoms with van der Waals surface area (Å²) in [5, 5.41) is 13.3. The number of aliphatic carboxylic acids is 1. The van der Waals surface area contributed by atoms with Crippen LogP contribution in [0.2, 0.25) is 0 Å².